The van der Waals surface area contributed by atoms with E-state index in [1.165, 1.54) is 6.33 Å². The summed E-state index contributed by atoms with van der Waals surface area (Å²) in [6, 6.07) is 0. The highest BCUT2D eigenvalue weighted by atomic mass is 32.1. The van der Waals surface area contributed by atoms with E-state index in [9.17, 15) is 0 Å². The molecule has 1 N–H and O–H groups in total. The van der Waals surface area contributed by atoms with Gasteiger partial charge in [0, 0.05) is 5.92 Å². The smallest absolute Gasteiger partial charge is 0.199 e. The number of nitrogens with zero attached hydrogens (tertiary/aromatic N) is 4. The Kier molecular flexibility index (Phi) is 2.59. The van der Waals surface area contributed by atoms with E-state index in [4.69, 9.17) is 12.2 Å². The molecule has 0 unspecified atom stereocenters. The van der Waals surface area contributed by atoms with Crippen LogP contribution in [0.2, 0.25) is 0 Å². The molecule has 0 fully saturated rings. The maximum atomic E-state index is 5.16. The number of nitrogens with one attached hydrogen (secondary N) is 1. The average Bonchev–Trinajstić information content (AvgIpc) is 2.61. The standard InChI is InChI=1S/C9H11N5S/c1-6(2)8-12-13-9(15)14(8)7-3-10-5-11-4-7/h3-6H,1-2H3,(H,13,15). The second-order valence-electron chi connectivity index (χ2n) is 3.47. The molecule has 0 saturated carbocycles. The first kappa shape index (κ1) is 9.97. The van der Waals surface area contributed by atoms with E-state index in [0.717, 1.165) is 11.5 Å². The zero-order valence-corrected chi connectivity index (χ0v) is 9.32. The monoisotopic (exact) mass is 221 g/mol. The van der Waals surface area contributed by atoms with Crippen LogP contribution < -0.4 is 0 Å². The Hall–Kier alpha value is -1.56. The van der Waals surface area contributed by atoms with Crippen LogP contribution in [-0.2, 0) is 0 Å². The fourth-order valence-electron chi connectivity index (χ4n) is 1.35. The summed E-state index contributed by atoms with van der Waals surface area (Å²) in [5.41, 5.74) is 0.833. The van der Waals surface area contributed by atoms with Crippen LogP contribution in [0.15, 0.2) is 18.7 Å². The lowest BCUT2D eigenvalue weighted by atomic mass is 10.2. The summed E-state index contributed by atoms with van der Waals surface area (Å²) in [6.45, 7) is 4.12. The van der Waals surface area contributed by atoms with Crippen LogP contribution in [-0.4, -0.2) is 24.7 Å². The molecule has 0 aromatic carbocycles. The predicted octanol–water partition coefficient (Wildman–Crippen LogP) is 1.84. The molecule has 78 valence electrons. The summed E-state index contributed by atoms with van der Waals surface area (Å²) < 4.78 is 2.41. The number of rotatable bonds is 2. The van der Waals surface area contributed by atoms with Crippen molar-refractivity contribution in [3.63, 3.8) is 0 Å². The third kappa shape index (κ3) is 1.80. The van der Waals surface area contributed by atoms with Crippen molar-refractivity contribution in [2.24, 2.45) is 0 Å². The molecule has 15 heavy (non-hydrogen) atoms. The molecule has 0 aliphatic carbocycles. The second-order valence-corrected chi connectivity index (χ2v) is 3.86. The molecule has 2 rings (SSSR count). The van der Waals surface area contributed by atoms with E-state index in [1.807, 2.05) is 4.57 Å². The Labute approximate surface area is 92.2 Å². The summed E-state index contributed by atoms with van der Waals surface area (Å²) in [5.74, 6) is 1.17. The van der Waals surface area contributed by atoms with Crippen molar-refractivity contribution in [1.29, 1.82) is 0 Å². The topological polar surface area (TPSA) is 59.4 Å². The zero-order valence-electron chi connectivity index (χ0n) is 8.51. The van der Waals surface area contributed by atoms with Gasteiger partial charge >= 0.3 is 0 Å². The Morgan fingerprint density at radius 3 is 2.60 bits per heavy atom. The fraction of sp³-hybridized carbons (Fsp3) is 0.333. The minimum atomic E-state index is 0.290. The molecule has 2 aromatic rings. The van der Waals surface area contributed by atoms with Gasteiger partial charge in [-0.3, -0.25) is 9.67 Å². The molecule has 0 bridgehead atoms. The van der Waals surface area contributed by atoms with Crippen molar-refractivity contribution in [3.8, 4) is 5.69 Å². The minimum absolute atomic E-state index is 0.290. The summed E-state index contributed by atoms with van der Waals surface area (Å²) in [6.07, 6.45) is 4.91. The molecular weight excluding hydrogens is 210 g/mol. The molecule has 0 amide bonds. The molecule has 0 aliphatic rings. The van der Waals surface area contributed by atoms with Crippen LogP contribution in [0.4, 0.5) is 0 Å². The van der Waals surface area contributed by atoms with Gasteiger partial charge in [-0.2, -0.15) is 5.10 Å². The van der Waals surface area contributed by atoms with Gasteiger partial charge in [0.1, 0.15) is 12.2 Å². The average molecular weight is 221 g/mol. The summed E-state index contributed by atoms with van der Waals surface area (Å²) in [7, 11) is 0. The zero-order chi connectivity index (χ0) is 10.8. The lowest BCUT2D eigenvalue weighted by Gasteiger charge is -2.07. The Morgan fingerprint density at radius 1 is 1.33 bits per heavy atom. The van der Waals surface area contributed by atoms with Crippen molar-refractivity contribution >= 4 is 12.2 Å². The van der Waals surface area contributed by atoms with Crippen LogP contribution in [0, 0.1) is 4.77 Å². The first-order chi connectivity index (χ1) is 7.20. The predicted molar refractivity (Wildman–Crippen MR) is 58.4 cm³/mol. The summed E-state index contributed by atoms with van der Waals surface area (Å²) >= 11 is 5.16. The normalized spacial score (nSPS) is 10.9. The van der Waals surface area contributed by atoms with Crippen molar-refractivity contribution in [3.05, 3.63) is 29.3 Å². The molecular formula is C9H11N5S. The Bertz CT molecular complexity index is 499. The lowest BCUT2D eigenvalue weighted by Crippen LogP contribution is -2.03. The quantitative estimate of drug-likeness (QED) is 0.786. The molecule has 0 aliphatic heterocycles. The van der Waals surface area contributed by atoms with Crippen LogP contribution in [0.5, 0.6) is 0 Å². The maximum Gasteiger partial charge on any atom is 0.199 e. The molecule has 0 atom stereocenters. The van der Waals surface area contributed by atoms with Gasteiger partial charge in [0.05, 0.1) is 18.1 Å². The van der Waals surface area contributed by atoms with Gasteiger partial charge in [-0.1, -0.05) is 13.8 Å². The van der Waals surface area contributed by atoms with Crippen molar-refractivity contribution in [1.82, 2.24) is 24.7 Å². The van der Waals surface area contributed by atoms with E-state index in [-0.39, 0.29) is 5.92 Å². The fourth-order valence-corrected chi connectivity index (χ4v) is 1.60. The molecule has 0 spiro atoms. The lowest BCUT2D eigenvalue weighted by molar-refractivity contribution is 0.741. The number of hydrogen-bond acceptors (Lipinski definition) is 4. The van der Waals surface area contributed by atoms with E-state index >= 15 is 0 Å². The van der Waals surface area contributed by atoms with Crippen molar-refractivity contribution in [2.75, 3.05) is 0 Å². The van der Waals surface area contributed by atoms with E-state index in [1.54, 1.807) is 12.4 Å². The first-order valence-corrected chi connectivity index (χ1v) is 5.03. The van der Waals surface area contributed by atoms with Crippen LogP contribution >= 0.6 is 12.2 Å². The van der Waals surface area contributed by atoms with Gasteiger partial charge in [-0.05, 0) is 12.2 Å². The summed E-state index contributed by atoms with van der Waals surface area (Å²) in [5, 5.41) is 6.96. The third-order valence-corrected chi connectivity index (χ3v) is 2.29. The van der Waals surface area contributed by atoms with Gasteiger partial charge in [0.2, 0.25) is 0 Å². The maximum absolute atomic E-state index is 5.16. The van der Waals surface area contributed by atoms with Crippen LogP contribution in [0.3, 0.4) is 0 Å². The van der Waals surface area contributed by atoms with Gasteiger partial charge in [0.25, 0.3) is 0 Å². The van der Waals surface area contributed by atoms with E-state index in [0.29, 0.717) is 4.77 Å². The Morgan fingerprint density at radius 2 is 2.00 bits per heavy atom. The van der Waals surface area contributed by atoms with Crippen molar-refractivity contribution < 1.29 is 0 Å². The highest BCUT2D eigenvalue weighted by molar-refractivity contribution is 7.71. The molecule has 0 saturated heterocycles. The third-order valence-electron chi connectivity index (χ3n) is 2.02. The van der Waals surface area contributed by atoms with Crippen LogP contribution in [0.25, 0.3) is 5.69 Å². The molecule has 2 aromatic heterocycles. The Balaban J connectivity index is 2.62. The SMILES string of the molecule is CC(C)c1n[nH]c(=S)n1-c1cncnc1. The number of hydrogen-bond donors (Lipinski definition) is 1. The number of H-pyrrole nitrogens is 1. The second kappa shape index (κ2) is 3.90. The molecule has 2 heterocycles. The van der Waals surface area contributed by atoms with Crippen molar-refractivity contribution in [2.45, 2.75) is 19.8 Å². The van der Waals surface area contributed by atoms with Gasteiger partial charge in [-0.25, -0.2) is 9.97 Å². The number of aromatic nitrogens is 5. The largest absolute Gasteiger partial charge is 0.269 e. The van der Waals surface area contributed by atoms with Gasteiger partial charge in [0.15, 0.2) is 4.77 Å². The van der Waals surface area contributed by atoms with Crippen LogP contribution in [0.1, 0.15) is 25.6 Å². The van der Waals surface area contributed by atoms with Gasteiger partial charge in [-0.15, -0.1) is 0 Å². The molecule has 6 heteroatoms. The minimum Gasteiger partial charge on any atom is -0.269 e. The highest BCUT2D eigenvalue weighted by Crippen LogP contribution is 2.15. The highest BCUT2D eigenvalue weighted by Gasteiger charge is 2.11. The number of aromatic amines is 1. The van der Waals surface area contributed by atoms with E-state index in [2.05, 4.69) is 34.0 Å². The summed E-state index contributed by atoms with van der Waals surface area (Å²) in [4.78, 5) is 7.92. The van der Waals surface area contributed by atoms with Gasteiger partial charge < -0.3 is 0 Å². The van der Waals surface area contributed by atoms with E-state index < -0.39 is 0 Å². The first-order valence-electron chi connectivity index (χ1n) is 4.63. The molecule has 5 nitrogen and oxygen atoms in total. The molecule has 0 radical (unpaired) electrons.